The fraction of sp³-hybridized carbons (Fsp3) is 0.133. The van der Waals surface area contributed by atoms with E-state index in [-0.39, 0.29) is 11.8 Å². The Morgan fingerprint density at radius 1 is 0.763 bits per heavy atom. The Morgan fingerprint density at radius 3 is 2.11 bits per heavy atom. The molecule has 2 amide bonds. The van der Waals surface area contributed by atoms with Gasteiger partial charge in [-0.3, -0.25) is 9.59 Å². The summed E-state index contributed by atoms with van der Waals surface area (Å²) in [6.07, 6.45) is -2.76. The second kappa shape index (κ2) is 11.6. The molecule has 5 nitrogen and oxygen atoms in total. The van der Waals surface area contributed by atoms with Crippen LogP contribution in [0.25, 0.3) is 11.1 Å². The highest BCUT2D eigenvalue weighted by Gasteiger charge is 2.30. The smallest absolute Gasteiger partial charge is 0.397 e. The van der Waals surface area contributed by atoms with Crippen LogP contribution in [0, 0.1) is 0 Å². The number of aryl methyl sites for hydroxylation is 1. The molecule has 0 aliphatic carbocycles. The maximum Gasteiger partial charge on any atom is 0.416 e. The van der Waals surface area contributed by atoms with Crippen molar-refractivity contribution in [2.24, 2.45) is 0 Å². The van der Waals surface area contributed by atoms with Gasteiger partial charge >= 0.3 is 6.18 Å². The Morgan fingerprint density at radius 2 is 1.42 bits per heavy atom. The third-order valence-corrected chi connectivity index (χ3v) is 6.01. The van der Waals surface area contributed by atoms with Gasteiger partial charge in [0.25, 0.3) is 5.91 Å². The van der Waals surface area contributed by atoms with Crippen molar-refractivity contribution in [1.82, 2.24) is 0 Å². The van der Waals surface area contributed by atoms with E-state index in [0.717, 1.165) is 17.7 Å². The molecule has 0 aliphatic heterocycles. The summed E-state index contributed by atoms with van der Waals surface area (Å²) in [6.45, 7) is 0. The first kappa shape index (κ1) is 26.5. The topological polar surface area (TPSA) is 84.2 Å². The van der Waals surface area contributed by atoms with Gasteiger partial charge in [-0.05, 0) is 72.0 Å². The summed E-state index contributed by atoms with van der Waals surface area (Å²) in [5.41, 5.74) is 9.20. The zero-order valence-corrected chi connectivity index (χ0v) is 20.4. The van der Waals surface area contributed by atoms with Gasteiger partial charge in [0.1, 0.15) is 0 Å². The van der Waals surface area contributed by atoms with Gasteiger partial charge < -0.3 is 16.4 Å². The van der Waals surface area contributed by atoms with Crippen LogP contribution in [0.5, 0.6) is 0 Å². The number of anilines is 3. The number of hydrogen-bond donors (Lipinski definition) is 3. The van der Waals surface area contributed by atoms with Gasteiger partial charge in [0.15, 0.2) is 0 Å². The molecule has 4 rings (SSSR count). The Labute approximate surface area is 218 Å². The first-order valence-electron chi connectivity index (χ1n) is 12.0. The third-order valence-electron chi connectivity index (χ3n) is 6.01. The molecule has 4 N–H and O–H groups in total. The molecule has 38 heavy (non-hydrogen) atoms. The highest BCUT2D eigenvalue weighted by molar-refractivity contribution is 6.08. The van der Waals surface area contributed by atoms with E-state index in [0.29, 0.717) is 53.0 Å². The highest BCUT2D eigenvalue weighted by atomic mass is 19.4. The third kappa shape index (κ3) is 6.79. The number of halogens is 3. The minimum atomic E-state index is -4.43. The lowest BCUT2D eigenvalue weighted by Gasteiger charge is -2.12. The van der Waals surface area contributed by atoms with Gasteiger partial charge in [-0.2, -0.15) is 13.2 Å². The van der Waals surface area contributed by atoms with E-state index in [9.17, 15) is 22.8 Å². The molecule has 0 radical (unpaired) electrons. The van der Waals surface area contributed by atoms with Gasteiger partial charge in [-0.15, -0.1) is 0 Å². The van der Waals surface area contributed by atoms with Crippen molar-refractivity contribution < 1.29 is 22.8 Å². The van der Waals surface area contributed by atoms with E-state index in [4.69, 9.17) is 5.73 Å². The van der Waals surface area contributed by atoms with Crippen molar-refractivity contribution in [2.45, 2.75) is 25.4 Å². The minimum absolute atomic E-state index is 0.113. The molecule has 0 spiro atoms. The fourth-order valence-corrected chi connectivity index (χ4v) is 4.00. The quantitative estimate of drug-likeness (QED) is 0.217. The van der Waals surface area contributed by atoms with E-state index in [1.165, 1.54) is 12.1 Å². The van der Waals surface area contributed by atoms with Crippen molar-refractivity contribution in [3.05, 3.63) is 114 Å². The summed E-state index contributed by atoms with van der Waals surface area (Å²) in [4.78, 5) is 25.2. The van der Waals surface area contributed by atoms with E-state index in [1.807, 2.05) is 12.1 Å². The number of hydrogen-bond acceptors (Lipinski definition) is 3. The van der Waals surface area contributed by atoms with E-state index in [1.54, 1.807) is 60.7 Å². The number of amides is 2. The number of carbonyl (C=O) groups excluding carboxylic acids is 2. The SMILES string of the molecule is Nc1ccccc1NC(=O)CCCc1ccc(NC(=O)c2ccccc2-c2ccc(C(F)(F)F)cc2)cc1. The molecule has 0 fully saturated rings. The molecular weight excluding hydrogens is 491 g/mol. The molecule has 0 aliphatic rings. The van der Waals surface area contributed by atoms with Crippen molar-refractivity contribution in [3.63, 3.8) is 0 Å². The van der Waals surface area contributed by atoms with Gasteiger partial charge in [0.05, 0.1) is 16.9 Å². The number of benzene rings is 4. The standard InChI is InChI=1S/C30H26F3N3O2/c31-30(32,33)22-16-14-21(15-17-22)24-7-1-2-8-25(24)29(38)35-23-18-12-20(13-19-23)6-5-11-28(37)36-27-10-4-3-9-26(27)34/h1-4,7-10,12-19H,5-6,11,34H2,(H,35,38)(H,36,37). The van der Waals surface area contributed by atoms with Crippen LogP contribution in [0.4, 0.5) is 30.2 Å². The molecule has 0 saturated carbocycles. The Hall–Kier alpha value is -4.59. The van der Waals surface area contributed by atoms with Gasteiger partial charge in [-0.1, -0.05) is 54.6 Å². The van der Waals surface area contributed by atoms with Gasteiger partial charge in [0.2, 0.25) is 5.91 Å². The second-order valence-corrected chi connectivity index (χ2v) is 8.76. The fourth-order valence-electron chi connectivity index (χ4n) is 4.00. The van der Waals surface area contributed by atoms with Crippen LogP contribution in [0.1, 0.15) is 34.3 Å². The molecule has 8 heteroatoms. The number of nitrogen functional groups attached to an aromatic ring is 1. The van der Waals surface area contributed by atoms with Crippen molar-refractivity contribution in [1.29, 1.82) is 0 Å². The van der Waals surface area contributed by atoms with Crippen molar-refractivity contribution in [3.8, 4) is 11.1 Å². The van der Waals surface area contributed by atoms with Crippen LogP contribution in [0.15, 0.2) is 97.1 Å². The predicted octanol–water partition coefficient (Wildman–Crippen LogP) is 7.17. The summed E-state index contributed by atoms with van der Waals surface area (Å²) in [5, 5.41) is 5.65. The van der Waals surface area contributed by atoms with Crippen molar-refractivity contribution in [2.75, 3.05) is 16.4 Å². The molecule has 0 unspecified atom stereocenters. The molecule has 0 heterocycles. The number of rotatable bonds is 8. The molecule has 4 aromatic carbocycles. The Kier molecular flexibility index (Phi) is 8.11. The number of nitrogens with two attached hydrogens (primary N) is 1. The normalized spacial score (nSPS) is 11.1. The first-order chi connectivity index (χ1) is 18.2. The Balaban J connectivity index is 1.34. The van der Waals surface area contributed by atoms with E-state index >= 15 is 0 Å². The van der Waals surface area contributed by atoms with Crippen LogP contribution in [-0.2, 0) is 17.4 Å². The predicted molar refractivity (Wildman–Crippen MR) is 144 cm³/mol. The monoisotopic (exact) mass is 517 g/mol. The van der Waals surface area contributed by atoms with E-state index in [2.05, 4.69) is 10.6 Å². The lowest BCUT2D eigenvalue weighted by Crippen LogP contribution is -2.13. The van der Waals surface area contributed by atoms with Gasteiger partial charge in [-0.25, -0.2) is 0 Å². The summed E-state index contributed by atoms with van der Waals surface area (Å²) in [5.74, 6) is -0.483. The summed E-state index contributed by atoms with van der Waals surface area (Å²) >= 11 is 0. The second-order valence-electron chi connectivity index (χ2n) is 8.76. The van der Waals surface area contributed by atoms with Crippen molar-refractivity contribution >= 4 is 28.9 Å². The average Bonchev–Trinajstić information content (AvgIpc) is 2.90. The summed E-state index contributed by atoms with van der Waals surface area (Å²) < 4.78 is 38.7. The Bertz CT molecular complexity index is 1420. The molecule has 0 aromatic heterocycles. The summed E-state index contributed by atoms with van der Waals surface area (Å²) in [7, 11) is 0. The zero-order chi connectivity index (χ0) is 27.1. The van der Waals surface area contributed by atoms with Crippen LogP contribution in [0.3, 0.4) is 0 Å². The largest absolute Gasteiger partial charge is 0.416 e. The molecule has 0 saturated heterocycles. The molecule has 0 bridgehead atoms. The highest BCUT2D eigenvalue weighted by Crippen LogP contribution is 2.32. The number of para-hydroxylation sites is 2. The molecule has 0 atom stereocenters. The number of nitrogens with one attached hydrogen (secondary N) is 2. The van der Waals surface area contributed by atoms with Crippen LogP contribution in [-0.4, -0.2) is 11.8 Å². The zero-order valence-electron chi connectivity index (χ0n) is 20.4. The molecule has 4 aromatic rings. The first-order valence-corrected chi connectivity index (χ1v) is 12.0. The maximum atomic E-state index is 13.0. The number of carbonyl (C=O) groups is 2. The minimum Gasteiger partial charge on any atom is -0.397 e. The number of alkyl halides is 3. The van der Waals surface area contributed by atoms with Gasteiger partial charge in [0, 0.05) is 17.7 Å². The van der Waals surface area contributed by atoms with Crippen LogP contribution >= 0.6 is 0 Å². The average molecular weight is 518 g/mol. The summed E-state index contributed by atoms with van der Waals surface area (Å²) in [6, 6.07) is 25.9. The lowest BCUT2D eigenvalue weighted by atomic mass is 9.98. The maximum absolute atomic E-state index is 13.0. The van der Waals surface area contributed by atoms with Crippen LogP contribution in [0.2, 0.25) is 0 Å². The lowest BCUT2D eigenvalue weighted by molar-refractivity contribution is -0.137. The molecule has 194 valence electrons. The van der Waals surface area contributed by atoms with E-state index < -0.39 is 11.7 Å². The molecular formula is C30H26F3N3O2. The van der Waals surface area contributed by atoms with Crippen LogP contribution < -0.4 is 16.4 Å².